The van der Waals surface area contributed by atoms with Gasteiger partial charge in [0.15, 0.2) is 5.78 Å². The monoisotopic (exact) mass is 403 g/mol. The third-order valence-electron chi connectivity index (χ3n) is 4.72. The quantitative estimate of drug-likeness (QED) is 0.0678. The number of non-ortho nitro benzene ring substituents is 1. The predicted octanol–water partition coefficient (Wildman–Crippen LogP) is 6.03. The molecule has 6 heteroatoms. The summed E-state index contributed by atoms with van der Waals surface area (Å²) >= 11 is 0. The van der Waals surface area contributed by atoms with Crippen LogP contribution in [-0.2, 0) is 14.3 Å². The number of rotatable bonds is 15. The number of benzene rings is 1. The molecule has 1 rings (SSSR count). The zero-order chi connectivity index (χ0) is 21.5. The number of hydrogen-bond donors (Lipinski definition) is 0. The molecule has 0 amide bonds. The molecule has 29 heavy (non-hydrogen) atoms. The molecular formula is C23H33NO5. The summed E-state index contributed by atoms with van der Waals surface area (Å²) in [5, 5.41) is 10.9. The van der Waals surface area contributed by atoms with Crippen LogP contribution in [0.3, 0.4) is 0 Å². The molecule has 0 radical (unpaired) electrons. The molecule has 0 unspecified atom stereocenters. The summed E-state index contributed by atoms with van der Waals surface area (Å²) in [6.45, 7) is 3.77. The number of ketones is 1. The molecule has 0 N–H and O–H groups in total. The van der Waals surface area contributed by atoms with Gasteiger partial charge in [0.1, 0.15) is 5.57 Å². The normalized spacial score (nSPS) is 11.3. The second kappa shape index (κ2) is 14.5. The van der Waals surface area contributed by atoms with Crippen LogP contribution in [0, 0.1) is 10.1 Å². The first-order chi connectivity index (χ1) is 14.0. The van der Waals surface area contributed by atoms with E-state index in [1.54, 1.807) is 6.07 Å². The minimum absolute atomic E-state index is 0.0969. The van der Waals surface area contributed by atoms with Gasteiger partial charge in [-0.2, -0.15) is 0 Å². The van der Waals surface area contributed by atoms with Crippen LogP contribution in [0.25, 0.3) is 6.08 Å². The number of nitrogens with zero attached hydrogens (tertiary/aromatic N) is 1. The topological polar surface area (TPSA) is 86.5 Å². The summed E-state index contributed by atoms with van der Waals surface area (Å²) < 4.78 is 5.23. The van der Waals surface area contributed by atoms with Crippen molar-refractivity contribution in [3.63, 3.8) is 0 Å². The lowest BCUT2D eigenvalue weighted by atomic mass is 10.1. The van der Waals surface area contributed by atoms with E-state index < -0.39 is 16.7 Å². The van der Waals surface area contributed by atoms with Crippen LogP contribution >= 0.6 is 0 Å². The Labute approximate surface area is 173 Å². The summed E-state index contributed by atoms with van der Waals surface area (Å²) in [5.74, 6) is -1.11. The number of nitro groups is 1. The fraction of sp³-hybridized carbons (Fsp3) is 0.565. The fourth-order valence-electron chi connectivity index (χ4n) is 3.03. The number of nitro benzene ring substituents is 1. The average Bonchev–Trinajstić information content (AvgIpc) is 2.70. The van der Waals surface area contributed by atoms with Crippen molar-refractivity contribution in [3.05, 3.63) is 45.5 Å². The molecule has 160 valence electrons. The Hall–Kier alpha value is -2.50. The second-order valence-corrected chi connectivity index (χ2v) is 7.28. The maximum absolute atomic E-state index is 12.2. The van der Waals surface area contributed by atoms with E-state index in [9.17, 15) is 19.7 Å². The lowest BCUT2D eigenvalue weighted by Crippen LogP contribution is -2.14. The smallest absolute Gasteiger partial charge is 0.341 e. The van der Waals surface area contributed by atoms with Crippen molar-refractivity contribution in [1.29, 1.82) is 0 Å². The largest absolute Gasteiger partial charge is 0.462 e. The number of carbonyl (C=O) groups is 2. The minimum Gasteiger partial charge on any atom is -0.462 e. The molecule has 6 nitrogen and oxygen atoms in total. The number of Topliss-reactive ketones (excluding diaryl/α,β-unsaturated/α-hetero) is 1. The molecule has 0 heterocycles. The lowest BCUT2D eigenvalue weighted by molar-refractivity contribution is -0.384. The number of esters is 1. The van der Waals surface area contributed by atoms with E-state index in [4.69, 9.17) is 4.74 Å². The van der Waals surface area contributed by atoms with Crippen LogP contribution in [-0.4, -0.2) is 23.3 Å². The van der Waals surface area contributed by atoms with Gasteiger partial charge in [-0.25, -0.2) is 4.79 Å². The van der Waals surface area contributed by atoms with Gasteiger partial charge in [0, 0.05) is 12.1 Å². The number of unbranched alkanes of at least 4 members (excludes halogenated alkanes) is 9. The summed E-state index contributed by atoms with van der Waals surface area (Å²) in [4.78, 5) is 34.4. The van der Waals surface area contributed by atoms with Crippen LogP contribution in [0.5, 0.6) is 0 Å². The molecule has 0 aliphatic carbocycles. The van der Waals surface area contributed by atoms with E-state index in [-0.39, 0.29) is 17.9 Å². The van der Waals surface area contributed by atoms with Gasteiger partial charge < -0.3 is 4.74 Å². The van der Waals surface area contributed by atoms with Gasteiger partial charge in [-0.15, -0.1) is 0 Å². The van der Waals surface area contributed by atoms with Crippen LogP contribution in [0.2, 0.25) is 0 Å². The number of hydrogen-bond acceptors (Lipinski definition) is 5. The standard InChI is InChI=1S/C23H33NO5/c1-3-4-5-6-7-8-9-10-11-12-16-29-23(26)22(19(2)25)18-20-14-13-15-21(17-20)24(27)28/h13-15,17-18H,3-12,16H2,1-2H3. The van der Waals surface area contributed by atoms with E-state index >= 15 is 0 Å². The molecule has 0 atom stereocenters. The highest BCUT2D eigenvalue weighted by Crippen LogP contribution is 2.17. The van der Waals surface area contributed by atoms with Crippen molar-refractivity contribution < 1.29 is 19.2 Å². The maximum Gasteiger partial charge on any atom is 0.341 e. The zero-order valence-corrected chi connectivity index (χ0v) is 17.7. The Kier molecular flexibility index (Phi) is 12.3. The van der Waals surface area contributed by atoms with E-state index in [2.05, 4.69) is 6.92 Å². The Bertz CT molecular complexity index is 696. The molecule has 0 saturated heterocycles. The van der Waals surface area contributed by atoms with E-state index in [1.807, 2.05) is 0 Å². The van der Waals surface area contributed by atoms with Gasteiger partial charge in [-0.05, 0) is 25.0 Å². The third kappa shape index (κ3) is 10.6. The van der Waals surface area contributed by atoms with Crippen molar-refractivity contribution in [2.45, 2.75) is 78.1 Å². The number of ether oxygens (including phenoxy) is 1. The van der Waals surface area contributed by atoms with Crippen LogP contribution < -0.4 is 0 Å². The van der Waals surface area contributed by atoms with Crippen molar-refractivity contribution >= 4 is 23.5 Å². The maximum atomic E-state index is 12.2. The van der Waals surface area contributed by atoms with E-state index in [1.165, 1.54) is 76.1 Å². The molecule has 0 aliphatic heterocycles. The van der Waals surface area contributed by atoms with Gasteiger partial charge in [-0.1, -0.05) is 76.8 Å². The van der Waals surface area contributed by atoms with Gasteiger partial charge >= 0.3 is 5.97 Å². The molecule has 0 bridgehead atoms. The summed E-state index contributed by atoms with van der Waals surface area (Å²) in [6, 6.07) is 5.79. The fourth-order valence-corrected chi connectivity index (χ4v) is 3.03. The molecule has 0 saturated carbocycles. The summed E-state index contributed by atoms with van der Waals surface area (Å²) in [6.07, 6.45) is 13.2. The molecule has 0 fully saturated rings. The SMILES string of the molecule is CCCCCCCCCCCCOC(=O)C(=Cc1cccc([N+](=O)[O-])c1)C(C)=O. The van der Waals surface area contributed by atoms with Gasteiger partial charge in [0.25, 0.3) is 5.69 Å². The van der Waals surface area contributed by atoms with E-state index in [0.717, 1.165) is 19.3 Å². The van der Waals surface area contributed by atoms with Gasteiger partial charge in [0.2, 0.25) is 0 Å². The molecule has 0 aromatic heterocycles. The Morgan fingerprint density at radius 3 is 2.14 bits per heavy atom. The Morgan fingerprint density at radius 2 is 1.59 bits per heavy atom. The van der Waals surface area contributed by atoms with Crippen LogP contribution in [0.4, 0.5) is 5.69 Å². The zero-order valence-electron chi connectivity index (χ0n) is 17.7. The third-order valence-corrected chi connectivity index (χ3v) is 4.72. The second-order valence-electron chi connectivity index (χ2n) is 7.28. The Morgan fingerprint density at radius 1 is 1.00 bits per heavy atom. The lowest BCUT2D eigenvalue weighted by Gasteiger charge is -2.07. The van der Waals surface area contributed by atoms with Crippen molar-refractivity contribution in [2.75, 3.05) is 6.61 Å². The highest BCUT2D eigenvalue weighted by molar-refractivity contribution is 6.19. The first-order valence-electron chi connectivity index (χ1n) is 10.6. The van der Waals surface area contributed by atoms with Crippen molar-refractivity contribution in [1.82, 2.24) is 0 Å². The van der Waals surface area contributed by atoms with Crippen LogP contribution in [0.1, 0.15) is 83.6 Å². The van der Waals surface area contributed by atoms with Gasteiger partial charge in [-0.3, -0.25) is 14.9 Å². The molecule has 0 aliphatic rings. The van der Waals surface area contributed by atoms with E-state index in [0.29, 0.717) is 5.56 Å². The molecule has 0 spiro atoms. The first kappa shape index (κ1) is 24.5. The average molecular weight is 404 g/mol. The van der Waals surface area contributed by atoms with Crippen molar-refractivity contribution in [3.8, 4) is 0 Å². The molecular weight excluding hydrogens is 370 g/mol. The van der Waals surface area contributed by atoms with Gasteiger partial charge in [0.05, 0.1) is 11.5 Å². The van der Waals surface area contributed by atoms with Crippen molar-refractivity contribution in [2.24, 2.45) is 0 Å². The predicted molar refractivity (Wildman–Crippen MR) is 115 cm³/mol. The highest BCUT2D eigenvalue weighted by Gasteiger charge is 2.16. The molecule has 1 aromatic carbocycles. The molecule has 1 aromatic rings. The summed E-state index contributed by atoms with van der Waals surface area (Å²) in [7, 11) is 0. The summed E-state index contributed by atoms with van der Waals surface area (Å²) in [5.41, 5.74) is 0.221. The van der Waals surface area contributed by atoms with Crippen LogP contribution in [0.15, 0.2) is 29.8 Å². The number of carbonyl (C=O) groups excluding carboxylic acids is 2. The minimum atomic E-state index is -0.681. The Balaban J connectivity index is 2.36. The highest BCUT2D eigenvalue weighted by atomic mass is 16.6. The first-order valence-corrected chi connectivity index (χ1v) is 10.6.